The molecular weight excluding hydrogens is 245 g/mol. The SMILES string of the molecule is O=C(Cl)CC(C(=O)Cl)N1C(=O)C=CC1=O. The zero-order chi connectivity index (χ0) is 11.6. The maximum atomic E-state index is 11.2. The highest BCUT2D eigenvalue weighted by atomic mass is 35.5. The first-order valence-electron chi connectivity index (χ1n) is 3.86. The molecule has 0 spiro atoms. The predicted molar refractivity (Wildman–Crippen MR) is 51.1 cm³/mol. The lowest BCUT2D eigenvalue weighted by molar-refractivity contribution is -0.143. The summed E-state index contributed by atoms with van der Waals surface area (Å²) in [5, 5.41) is -1.82. The summed E-state index contributed by atoms with van der Waals surface area (Å²) in [5.74, 6) is -1.37. The van der Waals surface area contributed by atoms with Gasteiger partial charge < -0.3 is 0 Å². The Morgan fingerprint density at radius 3 is 2.00 bits per heavy atom. The van der Waals surface area contributed by atoms with Crippen molar-refractivity contribution in [2.75, 3.05) is 0 Å². The predicted octanol–water partition coefficient (Wildman–Crippen LogP) is 0.201. The van der Waals surface area contributed by atoms with Gasteiger partial charge in [-0.25, -0.2) is 0 Å². The van der Waals surface area contributed by atoms with Crippen LogP contribution in [0.5, 0.6) is 0 Å². The van der Waals surface area contributed by atoms with Crippen molar-refractivity contribution in [2.24, 2.45) is 0 Å². The molecule has 0 fully saturated rings. The first-order valence-corrected chi connectivity index (χ1v) is 4.62. The lowest BCUT2D eigenvalue weighted by Gasteiger charge is -2.20. The second-order valence-electron chi connectivity index (χ2n) is 2.76. The number of nitrogens with zero attached hydrogens (tertiary/aromatic N) is 1. The summed E-state index contributed by atoms with van der Waals surface area (Å²) in [5.41, 5.74) is 0. The Hall–Kier alpha value is -1.20. The molecule has 7 heteroatoms. The Morgan fingerprint density at radius 1 is 1.20 bits per heavy atom. The molecule has 1 heterocycles. The van der Waals surface area contributed by atoms with Crippen LogP contribution in [0.25, 0.3) is 0 Å². The average molecular weight is 250 g/mol. The summed E-state index contributed by atoms with van der Waals surface area (Å²) < 4.78 is 0. The molecule has 0 saturated carbocycles. The third-order valence-electron chi connectivity index (χ3n) is 1.77. The molecule has 0 aromatic rings. The van der Waals surface area contributed by atoms with Gasteiger partial charge in [-0.3, -0.25) is 24.1 Å². The lowest BCUT2D eigenvalue weighted by Crippen LogP contribution is -2.44. The van der Waals surface area contributed by atoms with Crippen molar-refractivity contribution in [3.63, 3.8) is 0 Å². The summed E-state index contributed by atoms with van der Waals surface area (Å²) in [6, 6.07) is -1.33. The summed E-state index contributed by atoms with van der Waals surface area (Å²) in [7, 11) is 0. The number of rotatable bonds is 4. The van der Waals surface area contributed by atoms with Crippen LogP contribution in [0.15, 0.2) is 12.2 Å². The van der Waals surface area contributed by atoms with Gasteiger partial charge in [-0.15, -0.1) is 0 Å². The number of amides is 2. The molecule has 1 rings (SSSR count). The van der Waals surface area contributed by atoms with Crippen LogP contribution in [0.3, 0.4) is 0 Å². The highest BCUT2D eigenvalue weighted by Crippen LogP contribution is 2.15. The standard InChI is InChI=1S/C8H5Cl2NO4/c9-5(12)3-4(8(10)15)11-6(13)1-2-7(11)14/h1-2,4H,3H2. The minimum absolute atomic E-state index is 0.483. The Bertz CT molecular complexity index is 359. The molecule has 15 heavy (non-hydrogen) atoms. The van der Waals surface area contributed by atoms with E-state index in [-0.39, 0.29) is 0 Å². The van der Waals surface area contributed by atoms with Gasteiger partial charge in [-0.05, 0) is 23.2 Å². The van der Waals surface area contributed by atoms with Crippen molar-refractivity contribution in [3.8, 4) is 0 Å². The molecule has 1 unspecified atom stereocenters. The second-order valence-corrected chi connectivity index (χ2v) is 3.55. The summed E-state index contributed by atoms with van der Waals surface area (Å²) in [6.45, 7) is 0. The van der Waals surface area contributed by atoms with Gasteiger partial charge in [0, 0.05) is 12.2 Å². The molecule has 0 aromatic heterocycles. The largest absolute Gasteiger partial charge is 0.281 e. The van der Waals surface area contributed by atoms with E-state index in [2.05, 4.69) is 0 Å². The topological polar surface area (TPSA) is 71.5 Å². The second kappa shape index (κ2) is 4.55. The Kier molecular flexibility index (Phi) is 3.60. The maximum absolute atomic E-state index is 11.2. The molecule has 80 valence electrons. The molecule has 1 aliphatic rings. The molecule has 1 atom stereocenters. The van der Waals surface area contributed by atoms with Gasteiger partial charge in [0.05, 0.1) is 6.42 Å². The van der Waals surface area contributed by atoms with Gasteiger partial charge >= 0.3 is 0 Å². The van der Waals surface area contributed by atoms with Crippen LogP contribution in [0.1, 0.15) is 6.42 Å². The normalized spacial score (nSPS) is 17.1. The molecule has 0 aliphatic carbocycles. The third kappa shape index (κ3) is 2.64. The van der Waals surface area contributed by atoms with E-state index in [0.29, 0.717) is 4.90 Å². The van der Waals surface area contributed by atoms with Crippen LogP contribution in [0, 0.1) is 0 Å². The molecule has 5 nitrogen and oxygen atoms in total. The van der Waals surface area contributed by atoms with E-state index in [9.17, 15) is 19.2 Å². The molecule has 0 bridgehead atoms. The van der Waals surface area contributed by atoms with Crippen LogP contribution < -0.4 is 0 Å². The van der Waals surface area contributed by atoms with Crippen molar-refractivity contribution in [2.45, 2.75) is 12.5 Å². The smallest absolute Gasteiger partial charge is 0.254 e. The van der Waals surface area contributed by atoms with Gasteiger partial charge in [-0.2, -0.15) is 0 Å². The molecular formula is C8H5Cl2NO4. The van der Waals surface area contributed by atoms with E-state index in [0.717, 1.165) is 12.2 Å². The highest BCUT2D eigenvalue weighted by molar-refractivity contribution is 6.67. The van der Waals surface area contributed by atoms with Crippen molar-refractivity contribution >= 4 is 45.5 Å². The number of imide groups is 1. The van der Waals surface area contributed by atoms with E-state index in [1.807, 2.05) is 0 Å². The van der Waals surface area contributed by atoms with Crippen molar-refractivity contribution in [3.05, 3.63) is 12.2 Å². The Labute approximate surface area is 94.6 Å². The summed E-state index contributed by atoms with van der Waals surface area (Å²) in [4.78, 5) is 44.5. The van der Waals surface area contributed by atoms with Crippen LogP contribution in [0.2, 0.25) is 0 Å². The average Bonchev–Trinajstić information content (AvgIpc) is 2.42. The van der Waals surface area contributed by atoms with Crippen LogP contribution in [0.4, 0.5) is 0 Å². The maximum Gasteiger partial charge on any atom is 0.254 e. The van der Waals surface area contributed by atoms with E-state index in [1.165, 1.54) is 0 Å². The quantitative estimate of drug-likeness (QED) is 0.527. The fourth-order valence-corrected chi connectivity index (χ4v) is 1.46. The minimum Gasteiger partial charge on any atom is -0.281 e. The van der Waals surface area contributed by atoms with Gasteiger partial charge in [0.15, 0.2) is 0 Å². The number of carbonyl (C=O) groups is 4. The monoisotopic (exact) mass is 249 g/mol. The number of carbonyl (C=O) groups excluding carboxylic acids is 4. The first-order chi connectivity index (χ1) is 6.93. The van der Waals surface area contributed by atoms with Gasteiger partial charge in [-0.1, -0.05) is 0 Å². The minimum atomic E-state index is -1.33. The van der Waals surface area contributed by atoms with Crippen LogP contribution in [-0.2, 0) is 19.2 Å². The third-order valence-corrected chi connectivity index (χ3v) is 2.18. The fourth-order valence-electron chi connectivity index (χ4n) is 1.14. The summed E-state index contributed by atoms with van der Waals surface area (Å²) >= 11 is 10.2. The molecule has 0 N–H and O–H groups in total. The number of hydrogen-bond donors (Lipinski definition) is 0. The van der Waals surface area contributed by atoms with E-state index < -0.39 is 34.8 Å². The van der Waals surface area contributed by atoms with Crippen molar-refractivity contribution in [1.82, 2.24) is 4.90 Å². The molecule has 0 radical (unpaired) electrons. The van der Waals surface area contributed by atoms with Crippen molar-refractivity contribution in [1.29, 1.82) is 0 Å². The molecule has 1 aliphatic heterocycles. The first kappa shape index (κ1) is 11.9. The van der Waals surface area contributed by atoms with E-state index in [1.54, 1.807) is 0 Å². The van der Waals surface area contributed by atoms with Crippen molar-refractivity contribution < 1.29 is 19.2 Å². The van der Waals surface area contributed by atoms with Gasteiger partial charge in [0.25, 0.3) is 11.8 Å². The Balaban J connectivity index is 2.90. The number of halogens is 2. The van der Waals surface area contributed by atoms with E-state index in [4.69, 9.17) is 23.2 Å². The van der Waals surface area contributed by atoms with Crippen LogP contribution in [-0.4, -0.2) is 33.2 Å². The van der Waals surface area contributed by atoms with E-state index >= 15 is 0 Å². The number of hydrogen-bond acceptors (Lipinski definition) is 4. The zero-order valence-electron chi connectivity index (χ0n) is 7.28. The Morgan fingerprint density at radius 2 is 1.67 bits per heavy atom. The van der Waals surface area contributed by atoms with Gasteiger partial charge in [0.2, 0.25) is 10.5 Å². The molecule has 0 saturated heterocycles. The van der Waals surface area contributed by atoms with Crippen LogP contribution >= 0.6 is 23.2 Å². The fraction of sp³-hybridized carbons (Fsp3) is 0.250. The molecule has 0 aromatic carbocycles. The summed E-state index contributed by atoms with van der Waals surface area (Å²) in [6.07, 6.45) is 1.50. The van der Waals surface area contributed by atoms with Gasteiger partial charge in [0.1, 0.15) is 6.04 Å². The zero-order valence-corrected chi connectivity index (χ0v) is 8.79. The molecule has 2 amide bonds. The lowest BCUT2D eigenvalue weighted by atomic mass is 10.2. The highest BCUT2D eigenvalue weighted by Gasteiger charge is 2.36.